The summed E-state index contributed by atoms with van der Waals surface area (Å²) in [5.41, 5.74) is 0.922. The Morgan fingerprint density at radius 2 is 1.96 bits per heavy atom. The number of rotatable bonds is 2. The van der Waals surface area contributed by atoms with Crippen LogP contribution in [-0.2, 0) is 0 Å². The van der Waals surface area contributed by atoms with E-state index in [1.54, 1.807) is 25.1 Å². The van der Waals surface area contributed by atoms with E-state index in [1.165, 1.54) is 12.3 Å². The normalized spacial score (nSPS) is 19.0. The second kappa shape index (κ2) is 6.17. The number of ether oxygens (including phenoxy) is 1. The molecular weight excluding hydrogens is 329 g/mol. The molecule has 0 saturated carbocycles. The zero-order valence-corrected chi connectivity index (χ0v) is 14.5. The van der Waals surface area contributed by atoms with E-state index >= 15 is 0 Å². The summed E-state index contributed by atoms with van der Waals surface area (Å²) < 4.78 is 46.2. The Hall–Kier alpha value is -2.37. The molecule has 2 heterocycles. The summed E-state index contributed by atoms with van der Waals surface area (Å²) in [5, 5.41) is 0. The van der Waals surface area contributed by atoms with Gasteiger partial charge in [-0.1, -0.05) is 6.07 Å². The van der Waals surface area contributed by atoms with E-state index in [0.717, 1.165) is 0 Å². The molecule has 1 aromatic heterocycles. The highest BCUT2D eigenvalue weighted by Gasteiger charge is 2.34. The highest BCUT2D eigenvalue weighted by Crippen LogP contribution is 2.35. The van der Waals surface area contributed by atoms with Gasteiger partial charge in [-0.25, -0.2) is 13.2 Å². The second-order valence-corrected chi connectivity index (χ2v) is 6.70. The molecule has 6 heteroatoms. The SMILES string of the molecule is Cc1cc(C2=NC(C)C(C)(C)Oc3c(F)cccc32)cnc1C(F)F. The van der Waals surface area contributed by atoms with Gasteiger partial charge in [-0.2, -0.15) is 0 Å². The smallest absolute Gasteiger partial charge is 0.280 e. The topological polar surface area (TPSA) is 34.5 Å². The number of alkyl halides is 2. The van der Waals surface area contributed by atoms with Crippen LogP contribution >= 0.6 is 0 Å². The van der Waals surface area contributed by atoms with Gasteiger partial charge >= 0.3 is 0 Å². The second-order valence-electron chi connectivity index (χ2n) is 6.70. The van der Waals surface area contributed by atoms with Crippen LogP contribution in [0.3, 0.4) is 0 Å². The maximum atomic E-state index is 14.4. The quantitative estimate of drug-likeness (QED) is 0.776. The van der Waals surface area contributed by atoms with Crippen molar-refractivity contribution in [1.29, 1.82) is 0 Å². The standard InChI is InChI=1S/C19H19F3N2O/c1-10-8-12(9-23-15(10)18(21)22)16-13-6-5-7-14(20)17(13)25-19(3,4)11(2)24-16/h5-9,11,18H,1-4H3. The first-order chi connectivity index (χ1) is 11.7. The number of aliphatic imine (C=N–C) groups is 1. The zero-order valence-electron chi connectivity index (χ0n) is 14.5. The number of aryl methyl sites for hydroxylation is 1. The molecule has 3 nitrogen and oxygen atoms in total. The first kappa shape index (κ1) is 17.5. The highest BCUT2D eigenvalue weighted by atomic mass is 19.3. The molecule has 1 unspecified atom stereocenters. The Morgan fingerprint density at radius 3 is 2.60 bits per heavy atom. The molecule has 0 aliphatic carbocycles. The van der Waals surface area contributed by atoms with Gasteiger partial charge < -0.3 is 4.74 Å². The number of aromatic nitrogens is 1. The van der Waals surface area contributed by atoms with Crippen molar-refractivity contribution in [3.8, 4) is 5.75 Å². The molecular formula is C19H19F3N2O. The molecule has 1 aliphatic rings. The maximum absolute atomic E-state index is 14.4. The van der Waals surface area contributed by atoms with E-state index in [2.05, 4.69) is 4.98 Å². The van der Waals surface area contributed by atoms with E-state index in [4.69, 9.17) is 9.73 Å². The Labute approximate surface area is 144 Å². The average Bonchev–Trinajstić information content (AvgIpc) is 2.63. The fraction of sp³-hybridized carbons (Fsp3) is 0.368. The van der Waals surface area contributed by atoms with Gasteiger partial charge in [0.2, 0.25) is 0 Å². The lowest BCUT2D eigenvalue weighted by atomic mass is 9.99. The van der Waals surface area contributed by atoms with Crippen LogP contribution in [0.15, 0.2) is 35.5 Å². The van der Waals surface area contributed by atoms with Crippen molar-refractivity contribution < 1.29 is 17.9 Å². The van der Waals surface area contributed by atoms with Gasteiger partial charge in [-0.3, -0.25) is 9.98 Å². The number of nitrogens with zero attached hydrogens (tertiary/aromatic N) is 2. The van der Waals surface area contributed by atoms with Crippen LogP contribution in [-0.4, -0.2) is 22.3 Å². The zero-order chi connectivity index (χ0) is 18.4. The summed E-state index contributed by atoms with van der Waals surface area (Å²) in [6.45, 7) is 7.12. The first-order valence-electron chi connectivity index (χ1n) is 8.01. The van der Waals surface area contributed by atoms with Crippen molar-refractivity contribution in [2.45, 2.75) is 45.8 Å². The van der Waals surface area contributed by atoms with Gasteiger partial charge in [0.1, 0.15) is 11.3 Å². The lowest BCUT2D eigenvalue weighted by molar-refractivity contribution is 0.0840. The Morgan fingerprint density at radius 1 is 1.24 bits per heavy atom. The summed E-state index contributed by atoms with van der Waals surface area (Å²) in [4.78, 5) is 8.57. The van der Waals surface area contributed by atoms with Crippen LogP contribution < -0.4 is 4.74 Å². The van der Waals surface area contributed by atoms with Crippen LogP contribution in [0.25, 0.3) is 0 Å². The van der Waals surface area contributed by atoms with E-state index in [1.807, 2.05) is 20.8 Å². The number of hydrogen-bond acceptors (Lipinski definition) is 3. The van der Waals surface area contributed by atoms with Crippen molar-refractivity contribution in [1.82, 2.24) is 4.98 Å². The van der Waals surface area contributed by atoms with Gasteiger partial charge in [0.05, 0.1) is 11.8 Å². The number of fused-ring (bicyclic) bond motifs is 1. The molecule has 0 bridgehead atoms. The summed E-state index contributed by atoms with van der Waals surface area (Å²) in [7, 11) is 0. The lowest BCUT2D eigenvalue weighted by Crippen LogP contribution is -2.38. The minimum atomic E-state index is -2.64. The van der Waals surface area contributed by atoms with Crippen molar-refractivity contribution in [2.75, 3.05) is 0 Å². The molecule has 0 saturated heterocycles. The molecule has 1 aliphatic heterocycles. The number of halogens is 3. The third kappa shape index (κ3) is 3.13. The van der Waals surface area contributed by atoms with Crippen LogP contribution in [0, 0.1) is 12.7 Å². The molecule has 1 atom stereocenters. The summed E-state index contributed by atoms with van der Waals surface area (Å²) in [6.07, 6.45) is -1.29. The van der Waals surface area contributed by atoms with Gasteiger partial charge in [0.15, 0.2) is 11.6 Å². The highest BCUT2D eigenvalue weighted by molar-refractivity contribution is 6.14. The molecule has 0 amide bonds. The van der Waals surface area contributed by atoms with Crippen molar-refractivity contribution in [2.24, 2.45) is 4.99 Å². The molecule has 25 heavy (non-hydrogen) atoms. The van der Waals surface area contributed by atoms with Crippen LogP contribution in [0.4, 0.5) is 13.2 Å². The first-order valence-corrected chi connectivity index (χ1v) is 8.01. The minimum Gasteiger partial charge on any atom is -0.482 e. The molecule has 0 fully saturated rings. The Kier molecular flexibility index (Phi) is 4.31. The van der Waals surface area contributed by atoms with Gasteiger partial charge in [0.25, 0.3) is 6.43 Å². The fourth-order valence-electron chi connectivity index (χ4n) is 2.74. The average molecular weight is 348 g/mol. The maximum Gasteiger partial charge on any atom is 0.280 e. The number of para-hydroxylation sites is 1. The molecule has 0 radical (unpaired) electrons. The summed E-state index contributed by atoms with van der Waals surface area (Å²) in [6, 6.07) is 5.94. The molecule has 1 aromatic carbocycles. The third-order valence-electron chi connectivity index (χ3n) is 4.51. The number of benzene rings is 1. The molecule has 0 N–H and O–H groups in total. The van der Waals surface area contributed by atoms with Crippen LogP contribution in [0.1, 0.15) is 49.6 Å². The predicted molar refractivity (Wildman–Crippen MR) is 90.1 cm³/mol. The van der Waals surface area contributed by atoms with E-state index in [9.17, 15) is 13.2 Å². The Bertz CT molecular complexity index is 847. The Balaban J connectivity index is 2.21. The minimum absolute atomic E-state index is 0.117. The molecule has 2 aromatic rings. The fourth-order valence-corrected chi connectivity index (χ4v) is 2.74. The van der Waals surface area contributed by atoms with E-state index in [0.29, 0.717) is 22.4 Å². The van der Waals surface area contributed by atoms with Crippen molar-refractivity contribution >= 4 is 5.71 Å². The van der Waals surface area contributed by atoms with Gasteiger partial charge in [-0.15, -0.1) is 0 Å². The number of pyridine rings is 1. The summed E-state index contributed by atoms with van der Waals surface area (Å²) >= 11 is 0. The third-order valence-corrected chi connectivity index (χ3v) is 4.51. The van der Waals surface area contributed by atoms with Crippen LogP contribution in [0.2, 0.25) is 0 Å². The van der Waals surface area contributed by atoms with Crippen molar-refractivity contribution in [3.05, 3.63) is 58.7 Å². The lowest BCUT2D eigenvalue weighted by Gasteiger charge is -2.28. The number of hydrogen-bond donors (Lipinski definition) is 0. The van der Waals surface area contributed by atoms with Crippen molar-refractivity contribution in [3.63, 3.8) is 0 Å². The van der Waals surface area contributed by atoms with E-state index in [-0.39, 0.29) is 17.5 Å². The molecule has 132 valence electrons. The largest absolute Gasteiger partial charge is 0.482 e. The van der Waals surface area contributed by atoms with Gasteiger partial charge in [-0.05, 0) is 51.5 Å². The van der Waals surface area contributed by atoms with E-state index < -0.39 is 17.8 Å². The van der Waals surface area contributed by atoms with Crippen LogP contribution in [0.5, 0.6) is 5.75 Å². The monoisotopic (exact) mass is 348 g/mol. The van der Waals surface area contributed by atoms with Gasteiger partial charge in [0, 0.05) is 17.3 Å². The molecule has 0 spiro atoms. The predicted octanol–water partition coefficient (Wildman–Crippen LogP) is 4.86. The summed E-state index contributed by atoms with van der Waals surface area (Å²) in [5.74, 6) is -0.368. The molecule has 3 rings (SSSR count).